The molecule has 0 amide bonds. The Morgan fingerprint density at radius 1 is 1.14 bits per heavy atom. The second-order valence-electron chi connectivity index (χ2n) is 9.30. The fraction of sp³-hybridized carbons (Fsp3) is 0.818. The molecular formula is C22H34. The fourth-order valence-electron chi connectivity index (χ4n) is 7.45. The van der Waals surface area contributed by atoms with E-state index in [1.165, 1.54) is 64.2 Å². The molecule has 0 aromatic carbocycles. The van der Waals surface area contributed by atoms with Gasteiger partial charge in [-0.05, 0) is 98.7 Å². The summed E-state index contributed by atoms with van der Waals surface area (Å²) in [4.78, 5) is 0. The Balaban J connectivity index is 1.64. The number of allylic oxidation sites excluding steroid dienone is 3. The van der Waals surface area contributed by atoms with E-state index >= 15 is 0 Å². The molecule has 0 saturated heterocycles. The molecule has 0 unspecified atom stereocenters. The summed E-state index contributed by atoms with van der Waals surface area (Å²) in [6.45, 7) is 9.31. The van der Waals surface area contributed by atoms with E-state index in [1.807, 2.05) is 5.57 Å². The smallest absolute Gasteiger partial charge is 0.00853 e. The van der Waals surface area contributed by atoms with E-state index in [1.54, 1.807) is 0 Å². The highest BCUT2D eigenvalue weighted by Gasteiger charge is 2.58. The molecule has 4 rings (SSSR count). The van der Waals surface area contributed by atoms with Gasteiger partial charge in [0.2, 0.25) is 0 Å². The molecular weight excluding hydrogens is 264 g/mol. The van der Waals surface area contributed by atoms with Crippen LogP contribution in [0.5, 0.6) is 0 Å². The van der Waals surface area contributed by atoms with Crippen LogP contribution in [0.2, 0.25) is 0 Å². The van der Waals surface area contributed by atoms with Crippen LogP contribution < -0.4 is 0 Å². The minimum absolute atomic E-state index is 0.568. The highest BCUT2D eigenvalue weighted by molar-refractivity contribution is 5.23. The van der Waals surface area contributed by atoms with Gasteiger partial charge in [0.05, 0.1) is 0 Å². The number of fused-ring (bicyclic) bond motifs is 5. The summed E-state index contributed by atoms with van der Waals surface area (Å²) in [7, 11) is 0. The average molecular weight is 299 g/mol. The molecule has 0 bridgehead atoms. The van der Waals surface area contributed by atoms with Gasteiger partial charge in [-0.25, -0.2) is 0 Å². The van der Waals surface area contributed by atoms with Crippen LogP contribution in [0.4, 0.5) is 0 Å². The van der Waals surface area contributed by atoms with E-state index in [4.69, 9.17) is 0 Å². The Bertz CT molecular complexity index is 486. The average Bonchev–Trinajstić information content (AvgIpc) is 2.84. The van der Waals surface area contributed by atoms with Gasteiger partial charge >= 0.3 is 0 Å². The van der Waals surface area contributed by atoms with Crippen LogP contribution in [0.3, 0.4) is 0 Å². The summed E-state index contributed by atoms with van der Waals surface area (Å²) >= 11 is 0. The molecule has 0 aliphatic heterocycles. The summed E-state index contributed by atoms with van der Waals surface area (Å²) < 4.78 is 0. The van der Waals surface area contributed by atoms with E-state index in [-0.39, 0.29) is 0 Å². The zero-order valence-electron chi connectivity index (χ0n) is 14.7. The predicted molar refractivity (Wildman–Crippen MR) is 94.6 cm³/mol. The summed E-state index contributed by atoms with van der Waals surface area (Å²) in [5.41, 5.74) is 3.05. The maximum atomic E-state index is 4.03. The van der Waals surface area contributed by atoms with Gasteiger partial charge in [-0.1, -0.05) is 31.6 Å². The number of rotatable bonds is 2. The normalized spacial score (nSPS) is 50.5. The molecule has 22 heavy (non-hydrogen) atoms. The third-order valence-corrected chi connectivity index (χ3v) is 8.67. The van der Waals surface area contributed by atoms with Gasteiger partial charge in [0.15, 0.2) is 0 Å². The zero-order chi connectivity index (χ0) is 15.4. The molecule has 3 fully saturated rings. The molecule has 0 spiro atoms. The zero-order valence-corrected chi connectivity index (χ0v) is 14.7. The highest BCUT2D eigenvalue weighted by atomic mass is 14.6. The fourth-order valence-corrected chi connectivity index (χ4v) is 7.45. The number of hydrogen-bond acceptors (Lipinski definition) is 0. The van der Waals surface area contributed by atoms with E-state index < -0.39 is 0 Å². The van der Waals surface area contributed by atoms with Crippen LogP contribution in [0, 0.1) is 34.5 Å². The first kappa shape index (κ1) is 15.0. The van der Waals surface area contributed by atoms with Crippen LogP contribution in [-0.4, -0.2) is 0 Å². The van der Waals surface area contributed by atoms with E-state index in [0.717, 1.165) is 23.7 Å². The van der Waals surface area contributed by atoms with Crippen LogP contribution in [-0.2, 0) is 0 Å². The Hall–Kier alpha value is -0.520. The molecule has 122 valence electrons. The van der Waals surface area contributed by atoms with Crippen molar-refractivity contribution >= 4 is 0 Å². The first-order valence-corrected chi connectivity index (χ1v) is 9.90. The molecule has 4 aliphatic rings. The lowest BCUT2D eigenvalue weighted by Gasteiger charge is -2.58. The van der Waals surface area contributed by atoms with Crippen LogP contribution >= 0.6 is 0 Å². The Labute approximate surface area is 137 Å². The molecule has 0 aromatic heterocycles. The highest BCUT2D eigenvalue weighted by Crippen LogP contribution is 2.67. The molecule has 4 aliphatic carbocycles. The lowest BCUT2D eigenvalue weighted by atomic mass is 9.47. The first-order valence-electron chi connectivity index (χ1n) is 9.90. The van der Waals surface area contributed by atoms with E-state index in [0.29, 0.717) is 10.8 Å². The van der Waals surface area contributed by atoms with Gasteiger partial charge in [-0.15, -0.1) is 6.58 Å². The van der Waals surface area contributed by atoms with Gasteiger partial charge in [0, 0.05) is 0 Å². The van der Waals surface area contributed by atoms with Gasteiger partial charge in [0.25, 0.3) is 0 Å². The molecule has 0 nitrogen and oxygen atoms in total. The Morgan fingerprint density at radius 2 is 2.00 bits per heavy atom. The summed E-state index contributed by atoms with van der Waals surface area (Å²) in [5.74, 6) is 3.95. The van der Waals surface area contributed by atoms with Crippen molar-refractivity contribution in [2.24, 2.45) is 34.5 Å². The van der Waals surface area contributed by atoms with Gasteiger partial charge < -0.3 is 0 Å². The summed E-state index contributed by atoms with van der Waals surface area (Å²) in [6, 6.07) is 0. The van der Waals surface area contributed by atoms with Crippen molar-refractivity contribution in [2.45, 2.75) is 78.1 Å². The van der Waals surface area contributed by atoms with Gasteiger partial charge in [-0.2, -0.15) is 0 Å². The van der Waals surface area contributed by atoms with Crippen molar-refractivity contribution in [3.05, 3.63) is 24.3 Å². The van der Waals surface area contributed by atoms with Crippen molar-refractivity contribution in [2.75, 3.05) is 0 Å². The molecule has 3 saturated carbocycles. The largest absolute Gasteiger partial charge is 0.103 e. The monoisotopic (exact) mass is 298 g/mol. The Kier molecular flexibility index (Phi) is 3.59. The van der Waals surface area contributed by atoms with Gasteiger partial charge in [-0.3, -0.25) is 0 Å². The number of hydrogen-bond donors (Lipinski definition) is 0. The van der Waals surface area contributed by atoms with Gasteiger partial charge in [0.1, 0.15) is 0 Å². The SMILES string of the molecule is C=CC[C@H]1CC[C@H]2[C@@H]3CCC4=CCCC[C@]4(C)[C@H]3CC[C@]12C. The minimum atomic E-state index is 0.568. The molecule has 0 N–H and O–H groups in total. The quantitative estimate of drug-likeness (QED) is 0.508. The van der Waals surface area contributed by atoms with Crippen molar-refractivity contribution in [1.82, 2.24) is 0 Å². The maximum Gasteiger partial charge on any atom is -0.00853 e. The molecule has 0 heterocycles. The Morgan fingerprint density at radius 3 is 2.82 bits per heavy atom. The second kappa shape index (κ2) is 5.25. The van der Waals surface area contributed by atoms with Crippen molar-refractivity contribution in [3.63, 3.8) is 0 Å². The molecule has 0 radical (unpaired) electrons. The molecule has 6 atom stereocenters. The lowest BCUT2D eigenvalue weighted by Crippen LogP contribution is -2.50. The van der Waals surface area contributed by atoms with Crippen molar-refractivity contribution in [3.8, 4) is 0 Å². The predicted octanol–water partition coefficient (Wildman–Crippen LogP) is 6.53. The molecule has 0 aromatic rings. The first-order chi connectivity index (χ1) is 10.6. The van der Waals surface area contributed by atoms with Crippen LogP contribution in [0.25, 0.3) is 0 Å². The third kappa shape index (κ3) is 1.95. The summed E-state index contributed by atoms with van der Waals surface area (Å²) in [5, 5.41) is 0. The summed E-state index contributed by atoms with van der Waals surface area (Å²) in [6.07, 6.45) is 19.2. The van der Waals surface area contributed by atoms with E-state index in [2.05, 4.69) is 32.6 Å². The lowest BCUT2D eigenvalue weighted by molar-refractivity contribution is -0.0506. The van der Waals surface area contributed by atoms with Crippen molar-refractivity contribution in [1.29, 1.82) is 0 Å². The topological polar surface area (TPSA) is 0 Å². The van der Waals surface area contributed by atoms with Crippen LogP contribution in [0.1, 0.15) is 78.1 Å². The maximum absolute atomic E-state index is 4.03. The second-order valence-corrected chi connectivity index (χ2v) is 9.30. The standard InChI is InChI=1S/C22H34/c1-4-7-16-10-12-19-18-11-9-17-8-5-6-14-21(17,2)20(18)13-15-22(16,19)3/h4,8,16,18-20H,1,5-7,9-15H2,2-3H3/t16-,18-,19-,20-,21-,22+/m0/s1. The molecule has 0 heteroatoms. The van der Waals surface area contributed by atoms with Crippen LogP contribution in [0.15, 0.2) is 24.3 Å². The third-order valence-electron chi connectivity index (χ3n) is 8.67. The minimum Gasteiger partial charge on any atom is -0.103 e. The van der Waals surface area contributed by atoms with Crippen molar-refractivity contribution < 1.29 is 0 Å². The van der Waals surface area contributed by atoms with E-state index in [9.17, 15) is 0 Å².